The molecular formula is C24H28F5N5O2S. The number of aryl methyl sites for hydroxylation is 1. The van der Waals surface area contributed by atoms with Crippen molar-refractivity contribution in [3.8, 4) is 0 Å². The molecule has 1 aliphatic rings. The number of fused-ring (bicyclic) bond motifs is 1. The molecule has 13 heteroatoms. The van der Waals surface area contributed by atoms with E-state index in [1.807, 2.05) is 6.92 Å². The SMILES string of the molecule is CC(=O)N1CCC(C)(n2cc3c(N[C@H](C)c4cccc(S(F)(F)(F)(F)F)c4)nc(C)nc3cc2=O)CC1. The number of halogens is 5. The Balaban J connectivity index is 1.73. The van der Waals surface area contributed by atoms with E-state index >= 15 is 0 Å². The van der Waals surface area contributed by atoms with Gasteiger partial charge in [-0.25, -0.2) is 9.97 Å². The molecule has 0 aliphatic carbocycles. The summed E-state index contributed by atoms with van der Waals surface area (Å²) in [5.41, 5.74) is -0.533. The molecule has 202 valence electrons. The standard InChI is InChI=1S/C24H28F5N5O2S/c1-15(18-6-5-7-19(12-18)37(25,26,27,28)29)30-23-20-14-34(22(36)13-21(20)31-16(2)32-23)24(4)8-10-33(11-9-24)17(3)35/h5-7,12-15H,8-11H2,1-4H3,(H,30,31,32)/t15-/m1/s1. The third kappa shape index (κ3) is 5.55. The summed E-state index contributed by atoms with van der Waals surface area (Å²) >= 11 is 0. The number of rotatable bonds is 5. The molecule has 0 bridgehead atoms. The fourth-order valence-electron chi connectivity index (χ4n) is 4.61. The van der Waals surface area contributed by atoms with Crippen LogP contribution in [-0.2, 0) is 10.3 Å². The molecule has 3 aromatic rings. The lowest BCUT2D eigenvalue weighted by Gasteiger charge is -2.40. The van der Waals surface area contributed by atoms with Gasteiger partial charge in [-0.1, -0.05) is 31.6 Å². The zero-order valence-corrected chi connectivity index (χ0v) is 21.6. The Bertz CT molecular complexity index is 1450. The van der Waals surface area contributed by atoms with Crippen LogP contribution in [0, 0.1) is 6.92 Å². The second kappa shape index (κ2) is 8.14. The third-order valence-electron chi connectivity index (χ3n) is 6.87. The molecule has 1 atom stereocenters. The summed E-state index contributed by atoms with van der Waals surface area (Å²) in [6.45, 7) is 7.54. The minimum Gasteiger partial charge on any atom is -0.363 e. The van der Waals surface area contributed by atoms with Gasteiger partial charge < -0.3 is 14.8 Å². The number of amides is 1. The first-order valence-electron chi connectivity index (χ1n) is 11.6. The predicted molar refractivity (Wildman–Crippen MR) is 134 cm³/mol. The second-order valence-corrected chi connectivity index (χ2v) is 12.2. The maximum atomic E-state index is 13.3. The van der Waals surface area contributed by atoms with Crippen LogP contribution in [0.3, 0.4) is 0 Å². The van der Waals surface area contributed by atoms with Gasteiger partial charge in [0.15, 0.2) is 0 Å². The first-order valence-corrected chi connectivity index (χ1v) is 13.6. The summed E-state index contributed by atoms with van der Waals surface area (Å²) in [4.78, 5) is 33.2. The van der Waals surface area contributed by atoms with Gasteiger partial charge in [0.05, 0.1) is 16.9 Å². The fourth-order valence-corrected chi connectivity index (χ4v) is 5.30. The zero-order chi connectivity index (χ0) is 27.5. The quantitative estimate of drug-likeness (QED) is 0.382. The molecule has 0 saturated carbocycles. The van der Waals surface area contributed by atoms with E-state index in [0.29, 0.717) is 54.8 Å². The van der Waals surface area contributed by atoms with Crippen molar-refractivity contribution >= 4 is 32.9 Å². The van der Waals surface area contributed by atoms with Crippen LogP contribution in [0.15, 0.2) is 46.2 Å². The van der Waals surface area contributed by atoms with Crippen LogP contribution < -0.4 is 10.9 Å². The van der Waals surface area contributed by atoms with E-state index in [-0.39, 0.29) is 22.8 Å². The number of carbonyl (C=O) groups excluding carboxylic acids is 1. The molecule has 1 saturated heterocycles. The van der Waals surface area contributed by atoms with Gasteiger partial charge >= 0.3 is 10.2 Å². The molecule has 1 N–H and O–H groups in total. The maximum Gasteiger partial charge on any atom is 0.310 e. The fraction of sp³-hybridized carbons (Fsp3) is 0.417. The molecule has 0 spiro atoms. The Morgan fingerprint density at radius 3 is 2.35 bits per heavy atom. The summed E-state index contributed by atoms with van der Waals surface area (Å²) in [6.07, 6.45) is 2.71. The summed E-state index contributed by atoms with van der Waals surface area (Å²) in [7, 11) is -9.84. The van der Waals surface area contributed by atoms with Gasteiger partial charge in [-0.3, -0.25) is 9.59 Å². The van der Waals surface area contributed by atoms with E-state index in [9.17, 15) is 29.0 Å². The Labute approximate surface area is 210 Å². The number of nitrogens with one attached hydrogen (secondary N) is 1. The van der Waals surface area contributed by atoms with Gasteiger partial charge in [0.2, 0.25) is 5.91 Å². The molecule has 1 fully saturated rings. The van der Waals surface area contributed by atoms with Gasteiger partial charge in [-0.2, -0.15) is 0 Å². The molecule has 37 heavy (non-hydrogen) atoms. The molecular weight excluding hydrogens is 517 g/mol. The highest BCUT2D eigenvalue weighted by Gasteiger charge is 2.65. The molecule has 3 heterocycles. The van der Waals surface area contributed by atoms with E-state index in [2.05, 4.69) is 15.3 Å². The number of piperidine rings is 1. The summed E-state index contributed by atoms with van der Waals surface area (Å²) in [6, 6.07) is 3.61. The van der Waals surface area contributed by atoms with Gasteiger partial charge in [-0.15, -0.1) is 0 Å². The Kier molecular flexibility index (Phi) is 5.90. The monoisotopic (exact) mass is 545 g/mol. The normalized spacial score (nSPS) is 18.7. The van der Waals surface area contributed by atoms with Crippen molar-refractivity contribution in [2.45, 2.75) is 57.0 Å². The van der Waals surface area contributed by atoms with Crippen molar-refractivity contribution in [1.29, 1.82) is 0 Å². The Morgan fingerprint density at radius 1 is 1.11 bits per heavy atom. The van der Waals surface area contributed by atoms with Crippen molar-refractivity contribution in [3.05, 3.63) is 58.3 Å². The van der Waals surface area contributed by atoms with Crippen LogP contribution >= 0.6 is 10.2 Å². The Hall–Kier alpha value is -3.22. The average Bonchev–Trinajstić information content (AvgIpc) is 2.77. The van der Waals surface area contributed by atoms with Gasteiger partial charge in [-0.05, 0) is 51.3 Å². The van der Waals surface area contributed by atoms with Crippen LogP contribution in [0.5, 0.6) is 0 Å². The molecule has 1 amide bonds. The highest BCUT2D eigenvalue weighted by Crippen LogP contribution is 3.02. The number of carbonyl (C=O) groups is 1. The number of hydrogen-bond acceptors (Lipinski definition) is 5. The van der Waals surface area contributed by atoms with Crippen molar-refractivity contribution in [2.24, 2.45) is 0 Å². The molecule has 0 radical (unpaired) electrons. The number of pyridine rings is 1. The molecule has 1 aromatic carbocycles. The average molecular weight is 546 g/mol. The predicted octanol–water partition coefficient (Wildman–Crippen LogP) is 6.29. The van der Waals surface area contributed by atoms with Crippen molar-refractivity contribution in [3.63, 3.8) is 0 Å². The largest absolute Gasteiger partial charge is 0.363 e. The molecule has 2 aromatic heterocycles. The molecule has 7 nitrogen and oxygen atoms in total. The number of anilines is 1. The first kappa shape index (κ1) is 26.8. The third-order valence-corrected chi connectivity index (χ3v) is 8.01. The van der Waals surface area contributed by atoms with Gasteiger partial charge in [0.1, 0.15) is 16.5 Å². The van der Waals surface area contributed by atoms with E-state index < -0.39 is 26.7 Å². The summed E-state index contributed by atoms with van der Waals surface area (Å²) < 4.78 is 68.3. The van der Waals surface area contributed by atoms with Crippen LogP contribution in [0.25, 0.3) is 10.9 Å². The number of aromatic nitrogens is 3. The minimum absolute atomic E-state index is 0.00736. The van der Waals surface area contributed by atoms with E-state index in [4.69, 9.17) is 0 Å². The summed E-state index contributed by atoms with van der Waals surface area (Å²) in [5.74, 6) is 0.541. The van der Waals surface area contributed by atoms with Crippen LogP contribution in [0.1, 0.15) is 51.0 Å². The maximum absolute atomic E-state index is 13.3. The van der Waals surface area contributed by atoms with E-state index in [1.54, 1.807) is 22.6 Å². The number of likely N-dealkylation sites (tertiary alicyclic amines) is 1. The van der Waals surface area contributed by atoms with E-state index in [1.165, 1.54) is 26.0 Å². The minimum atomic E-state index is -9.84. The van der Waals surface area contributed by atoms with Crippen molar-refractivity contribution in [2.75, 3.05) is 18.4 Å². The Morgan fingerprint density at radius 2 is 1.76 bits per heavy atom. The molecule has 1 aliphatic heterocycles. The zero-order valence-electron chi connectivity index (χ0n) is 20.8. The lowest BCUT2D eigenvalue weighted by atomic mass is 9.89. The lowest BCUT2D eigenvalue weighted by Crippen LogP contribution is -2.48. The summed E-state index contributed by atoms with van der Waals surface area (Å²) in [5, 5.41) is 3.47. The molecule has 0 unspecified atom stereocenters. The van der Waals surface area contributed by atoms with Crippen LogP contribution in [0.4, 0.5) is 25.2 Å². The smallest absolute Gasteiger partial charge is 0.310 e. The number of benzene rings is 1. The highest BCUT2D eigenvalue weighted by atomic mass is 32.5. The topological polar surface area (TPSA) is 80.1 Å². The van der Waals surface area contributed by atoms with Crippen LogP contribution in [-0.4, -0.2) is 38.4 Å². The second-order valence-electron chi connectivity index (χ2n) is 9.81. The van der Waals surface area contributed by atoms with Gasteiger partial charge in [0, 0.05) is 37.8 Å². The number of hydrogen-bond donors (Lipinski definition) is 1. The van der Waals surface area contributed by atoms with Crippen LogP contribution in [0.2, 0.25) is 0 Å². The van der Waals surface area contributed by atoms with Crippen molar-refractivity contribution < 1.29 is 24.2 Å². The van der Waals surface area contributed by atoms with E-state index in [0.717, 1.165) is 6.07 Å². The van der Waals surface area contributed by atoms with Crippen molar-refractivity contribution in [1.82, 2.24) is 19.4 Å². The highest BCUT2D eigenvalue weighted by molar-refractivity contribution is 8.45. The first-order chi connectivity index (χ1) is 16.9. The number of nitrogens with zero attached hydrogens (tertiary/aromatic N) is 4. The van der Waals surface area contributed by atoms with Gasteiger partial charge in [0.25, 0.3) is 5.56 Å². The lowest BCUT2D eigenvalue weighted by molar-refractivity contribution is -0.130. The molecule has 4 rings (SSSR count).